The molecule has 1 aromatic heterocycles. The van der Waals surface area contributed by atoms with Gasteiger partial charge >= 0.3 is 0 Å². The normalized spacial score (nSPS) is 7.17. The molecule has 0 aliphatic rings. The third kappa shape index (κ3) is 3.63. The van der Waals surface area contributed by atoms with Crippen LogP contribution in [0.15, 0.2) is 12.5 Å². The van der Waals surface area contributed by atoms with Crippen molar-refractivity contribution in [3.05, 3.63) is 18.2 Å². The topological polar surface area (TPSA) is 43.8 Å². The number of hydrogen-bond donors (Lipinski definition) is 1. The Bertz CT molecular complexity index is 272. The van der Waals surface area contributed by atoms with Crippen LogP contribution in [-0.2, 0) is 7.05 Å². The summed E-state index contributed by atoms with van der Waals surface area (Å²) in [5.41, 5.74) is 6.09. The first-order valence-electron chi connectivity index (χ1n) is 3.00. The van der Waals surface area contributed by atoms with Gasteiger partial charge in [-0.25, -0.2) is 4.98 Å². The summed E-state index contributed by atoms with van der Waals surface area (Å²) in [6.45, 7) is 0.394. The van der Waals surface area contributed by atoms with Crippen molar-refractivity contribution in [3.8, 4) is 11.8 Å². The van der Waals surface area contributed by atoms with Gasteiger partial charge in [0.15, 0.2) is 0 Å². The van der Waals surface area contributed by atoms with Gasteiger partial charge in [-0.1, -0.05) is 5.92 Å². The van der Waals surface area contributed by atoms with E-state index in [-0.39, 0.29) is 24.8 Å². The van der Waals surface area contributed by atoms with E-state index in [4.69, 9.17) is 5.73 Å². The molecule has 12 heavy (non-hydrogen) atoms. The van der Waals surface area contributed by atoms with E-state index in [0.29, 0.717) is 6.54 Å². The lowest BCUT2D eigenvalue weighted by molar-refractivity contribution is 0.899. The van der Waals surface area contributed by atoms with E-state index >= 15 is 0 Å². The first kappa shape index (κ1) is 13.9. The average molecular weight is 208 g/mol. The fourth-order valence-corrected chi connectivity index (χ4v) is 0.619. The zero-order valence-electron chi connectivity index (χ0n) is 6.65. The van der Waals surface area contributed by atoms with Crippen LogP contribution in [0.3, 0.4) is 0 Å². The van der Waals surface area contributed by atoms with Crippen LogP contribution >= 0.6 is 24.8 Å². The molecule has 1 heterocycles. The van der Waals surface area contributed by atoms with Crippen molar-refractivity contribution < 1.29 is 0 Å². The maximum atomic E-state index is 5.19. The second-order valence-electron chi connectivity index (χ2n) is 1.90. The van der Waals surface area contributed by atoms with Gasteiger partial charge in [-0.2, -0.15) is 0 Å². The van der Waals surface area contributed by atoms with Crippen molar-refractivity contribution in [2.24, 2.45) is 12.8 Å². The smallest absolute Gasteiger partial charge is 0.111 e. The van der Waals surface area contributed by atoms with E-state index in [1.807, 2.05) is 11.6 Å². The van der Waals surface area contributed by atoms with Crippen molar-refractivity contribution in [2.75, 3.05) is 6.54 Å². The van der Waals surface area contributed by atoms with Crippen LogP contribution in [0.5, 0.6) is 0 Å². The number of hydrogen-bond acceptors (Lipinski definition) is 2. The third-order valence-electron chi connectivity index (χ3n) is 1.14. The monoisotopic (exact) mass is 207 g/mol. The van der Waals surface area contributed by atoms with Gasteiger partial charge in [0.25, 0.3) is 0 Å². The molecule has 1 rings (SSSR count). The van der Waals surface area contributed by atoms with E-state index in [0.717, 1.165) is 5.69 Å². The maximum Gasteiger partial charge on any atom is 0.111 e. The lowest BCUT2D eigenvalue weighted by Crippen LogP contribution is -1.94. The summed E-state index contributed by atoms with van der Waals surface area (Å²) < 4.78 is 1.85. The SMILES string of the molecule is Cl.Cl.Cn1cncc1C#CCN. The summed E-state index contributed by atoms with van der Waals surface area (Å²) in [4.78, 5) is 3.89. The van der Waals surface area contributed by atoms with E-state index in [1.54, 1.807) is 12.5 Å². The molecule has 0 spiro atoms. The number of nitrogens with zero attached hydrogens (tertiary/aromatic N) is 2. The molecule has 0 unspecified atom stereocenters. The molecule has 0 amide bonds. The second kappa shape index (κ2) is 6.99. The van der Waals surface area contributed by atoms with Crippen LogP contribution in [0, 0.1) is 11.8 Å². The molecule has 0 aromatic carbocycles. The van der Waals surface area contributed by atoms with Crippen LogP contribution in [0.25, 0.3) is 0 Å². The van der Waals surface area contributed by atoms with Crippen molar-refractivity contribution >= 4 is 24.8 Å². The van der Waals surface area contributed by atoms with Crippen molar-refractivity contribution in [2.45, 2.75) is 0 Å². The van der Waals surface area contributed by atoms with Gasteiger partial charge in [-0.15, -0.1) is 24.8 Å². The second-order valence-corrected chi connectivity index (χ2v) is 1.90. The quantitative estimate of drug-likeness (QED) is 0.633. The Morgan fingerprint density at radius 2 is 2.25 bits per heavy atom. The van der Waals surface area contributed by atoms with E-state index in [9.17, 15) is 0 Å². The molecule has 0 aliphatic carbocycles. The first-order chi connectivity index (χ1) is 4.84. The van der Waals surface area contributed by atoms with Gasteiger partial charge in [-0.3, -0.25) is 0 Å². The Hall–Kier alpha value is -0.690. The molecule has 0 atom stereocenters. The molecule has 68 valence electrons. The lowest BCUT2D eigenvalue weighted by atomic mass is 10.4. The number of aryl methyl sites for hydroxylation is 1. The molecule has 3 nitrogen and oxygen atoms in total. The Kier molecular flexibility index (Phi) is 8.07. The number of aromatic nitrogens is 2. The predicted molar refractivity (Wildman–Crippen MR) is 53.6 cm³/mol. The Morgan fingerprint density at radius 1 is 1.58 bits per heavy atom. The predicted octanol–water partition coefficient (Wildman–Crippen LogP) is 0.574. The highest BCUT2D eigenvalue weighted by molar-refractivity contribution is 5.85. The van der Waals surface area contributed by atoms with Crippen LogP contribution in [0.4, 0.5) is 0 Å². The molecule has 1 aromatic rings. The van der Waals surface area contributed by atoms with Crippen molar-refractivity contribution in [3.63, 3.8) is 0 Å². The Labute approximate surface area is 84.2 Å². The zero-order valence-corrected chi connectivity index (χ0v) is 8.28. The van der Waals surface area contributed by atoms with Gasteiger partial charge in [0, 0.05) is 7.05 Å². The van der Waals surface area contributed by atoms with Crippen molar-refractivity contribution in [1.82, 2.24) is 9.55 Å². The summed E-state index contributed by atoms with van der Waals surface area (Å²) in [5.74, 6) is 5.63. The summed E-state index contributed by atoms with van der Waals surface area (Å²) in [6, 6.07) is 0. The fraction of sp³-hybridized carbons (Fsp3) is 0.286. The standard InChI is InChI=1S/C7H9N3.2ClH/c1-10-6-9-5-7(10)3-2-4-8;;/h5-6H,4,8H2,1H3;2*1H. The first-order valence-corrected chi connectivity index (χ1v) is 3.00. The molecule has 2 N–H and O–H groups in total. The minimum atomic E-state index is 0. The molecular formula is C7H11Cl2N3. The van der Waals surface area contributed by atoms with Crippen LogP contribution in [-0.4, -0.2) is 16.1 Å². The third-order valence-corrected chi connectivity index (χ3v) is 1.14. The molecule has 0 bridgehead atoms. The maximum absolute atomic E-state index is 5.19. The highest BCUT2D eigenvalue weighted by Gasteiger charge is 1.88. The van der Waals surface area contributed by atoms with Gasteiger partial charge in [-0.05, 0) is 5.92 Å². The summed E-state index contributed by atoms with van der Waals surface area (Å²) in [7, 11) is 1.90. The Morgan fingerprint density at radius 3 is 2.67 bits per heavy atom. The minimum absolute atomic E-state index is 0. The number of rotatable bonds is 0. The molecule has 0 aliphatic heterocycles. The van der Waals surface area contributed by atoms with Crippen LogP contribution in [0.1, 0.15) is 5.69 Å². The van der Waals surface area contributed by atoms with Gasteiger partial charge in [0.05, 0.1) is 19.1 Å². The van der Waals surface area contributed by atoms with Crippen molar-refractivity contribution in [1.29, 1.82) is 0 Å². The Balaban J connectivity index is 0. The van der Waals surface area contributed by atoms with E-state index in [1.165, 1.54) is 0 Å². The molecule has 0 saturated heterocycles. The summed E-state index contributed by atoms with van der Waals surface area (Å²) in [6.07, 6.45) is 3.42. The van der Waals surface area contributed by atoms with Crippen LogP contribution in [0.2, 0.25) is 0 Å². The van der Waals surface area contributed by atoms with E-state index < -0.39 is 0 Å². The molecular weight excluding hydrogens is 197 g/mol. The van der Waals surface area contributed by atoms with Gasteiger partial charge < -0.3 is 10.3 Å². The number of halogens is 2. The highest BCUT2D eigenvalue weighted by atomic mass is 35.5. The fourth-order valence-electron chi connectivity index (χ4n) is 0.619. The van der Waals surface area contributed by atoms with Gasteiger partial charge in [0.1, 0.15) is 5.69 Å². The highest BCUT2D eigenvalue weighted by Crippen LogP contribution is 1.90. The molecule has 0 saturated carbocycles. The zero-order chi connectivity index (χ0) is 7.40. The minimum Gasteiger partial charge on any atom is -0.327 e. The number of nitrogens with two attached hydrogens (primary N) is 1. The largest absolute Gasteiger partial charge is 0.327 e. The average Bonchev–Trinajstić information content (AvgIpc) is 2.31. The summed E-state index contributed by atoms with van der Waals surface area (Å²) >= 11 is 0. The lowest BCUT2D eigenvalue weighted by Gasteiger charge is -1.88. The molecule has 5 heteroatoms. The number of imidazole rings is 1. The van der Waals surface area contributed by atoms with Gasteiger partial charge in [0.2, 0.25) is 0 Å². The van der Waals surface area contributed by atoms with E-state index in [2.05, 4.69) is 16.8 Å². The molecule has 0 radical (unpaired) electrons. The summed E-state index contributed by atoms with van der Waals surface area (Å²) in [5, 5.41) is 0. The van der Waals surface area contributed by atoms with Crippen LogP contribution < -0.4 is 5.73 Å². The molecule has 0 fully saturated rings.